The highest BCUT2D eigenvalue weighted by molar-refractivity contribution is 5.85. The third kappa shape index (κ3) is 2.07. The number of rotatable bonds is 2. The molecule has 0 fully saturated rings. The van der Waals surface area contributed by atoms with E-state index in [1.54, 1.807) is 6.07 Å². The minimum absolute atomic E-state index is 0.327. The summed E-state index contributed by atoms with van der Waals surface area (Å²) in [7, 11) is 0. The average Bonchev–Trinajstić information content (AvgIpc) is 2.39. The van der Waals surface area contributed by atoms with Gasteiger partial charge < -0.3 is 5.11 Å². The summed E-state index contributed by atoms with van der Waals surface area (Å²) in [6.45, 7) is 0. The fraction of sp³-hybridized carbons (Fsp3) is 0.0588. The summed E-state index contributed by atoms with van der Waals surface area (Å²) in [6, 6.07) is 22.2. The van der Waals surface area contributed by atoms with Gasteiger partial charge in [-0.2, -0.15) is 0 Å². The summed E-state index contributed by atoms with van der Waals surface area (Å²) in [6.07, 6.45) is 0.843. The summed E-state index contributed by atoms with van der Waals surface area (Å²) in [5.41, 5.74) is 2.42. The molecule has 88 valence electrons. The monoisotopic (exact) mass is 234 g/mol. The summed E-state index contributed by atoms with van der Waals surface area (Å²) in [4.78, 5) is 0. The lowest BCUT2D eigenvalue weighted by molar-refractivity contribution is 0.474. The van der Waals surface area contributed by atoms with E-state index in [1.165, 1.54) is 16.3 Å². The molecule has 0 aliphatic rings. The number of benzene rings is 3. The molecule has 0 saturated heterocycles. The van der Waals surface area contributed by atoms with Gasteiger partial charge in [-0.3, -0.25) is 0 Å². The summed E-state index contributed by atoms with van der Waals surface area (Å²) >= 11 is 0. The van der Waals surface area contributed by atoms with Crippen LogP contribution in [0.15, 0.2) is 66.7 Å². The molecule has 0 aliphatic heterocycles. The van der Waals surface area contributed by atoms with Crippen LogP contribution in [0, 0.1) is 0 Å². The van der Waals surface area contributed by atoms with Gasteiger partial charge >= 0.3 is 0 Å². The van der Waals surface area contributed by atoms with E-state index in [0.29, 0.717) is 5.75 Å². The molecule has 3 rings (SSSR count). The highest BCUT2D eigenvalue weighted by Crippen LogP contribution is 2.22. The lowest BCUT2D eigenvalue weighted by Gasteiger charge is -2.07. The van der Waals surface area contributed by atoms with Crippen LogP contribution in [0.5, 0.6) is 5.75 Å². The van der Waals surface area contributed by atoms with Gasteiger partial charge in [0, 0.05) is 0 Å². The lowest BCUT2D eigenvalue weighted by Crippen LogP contribution is -1.89. The molecule has 0 spiro atoms. The van der Waals surface area contributed by atoms with E-state index in [1.807, 2.05) is 18.2 Å². The van der Waals surface area contributed by atoms with Gasteiger partial charge in [0.1, 0.15) is 5.75 Å². The van der Waals surface area contributed by atoms with Crippen LogP contribution >= 0.6 is 0 Å². The molecule has 0 saturated carbocycles. The predicted molar refractivity (Wildman–Crippen MR) is 74.9 cm³/mol. The minimum Gasteiger partial charge on any atom is -0.508 e. The van der Waals surface area contributed by atoms with Crippen molar-refractivity contribution in [3.63, 3.8) is 0 Å². The summed E-state index contributed by atoms with van der Waals surface area (Å²) < 4.78 is 0. The van der Waals surface area contributed by atoms with Crippen LogP contribution < -0.4 is 0 Å². The van der Waals surface area contributed by atoms with E-state index in [4.69, 9.17) is 0 Å². The number of phenols is 1. The van der Waals surface area contributed by atoms with E-state index in [0.717, 1.165) is 12.0 Å². The largest absolute Gasteiger partial charge is 0.508 e. The zero-order chi connectivity index (χ0) is 12.4. The van der Waals surface area contributed by atoms with Gasteiger partial charge in [0.2, 0.25) is 0 Å². The van der Waals surface area contributed by atoms with Crippen molar-refractivity contribution in [2.24, 2.45) is 0 Å². The Morgan fingerprint density at radius 1 is 0.778 bits per heavy atom. The Balaban J connectivity index is 2.05. The maximum absolute atomic E-state index is 9.50. The Kier molecular flexibility index (Phi) is 2.73. The molecule has 1 nitrogen and oxygen atoms in total. The third-order valence-electron chi connectivity index (χ3n) is 3.19. The highest BCUT2D eigenvalue weighted by atomic mass is 16.3. The molecule has 0 radical (unpaired) electrons. The molecule has 0 bridgehead atoms. The van der Waals surface area contributed by atoms with Gasteiger partial charge in [-0.25, -0.2) is 0 Å². The van der Waals surface area contributed by atoms with Crippen LogP contribution in [0.3, 0.4) is 0 Å². The van der Waals surface area contributed by atoms with E-state index in [2.05, 4.69) is 42.5 Å². The zero-order valence-corrected chi connectivity index (χ0v) is 10.0. The molecule has 3 aromatic carbocycles. The maximum Gasteiger partial charge on any atom is 0.115 e. The molecular weight excluding hydrogens is 220 g/mol. The predicted octanol–water partition coefficient (Wildman–Crippen LogP) is 4.14. The minimum atomic E-state index is 0.327. The first-order valence-corrected chi connectivity index (χ1v) is 6.07. The number of fused-ring (bicyclic) bond motifs is 1. The number of hydrogen-bond acceptors (Lipinski definition) is 1. The van der Waals surface area contributed by atoms with Crippen LogP contribution in [0.4, 0.5) is 0 Å². The van der Waals surface area contributed by atoms with Crippen molar-refractivity contribution >= 4 is 10.8 Å². The molecular formula is C17H14O. The topological polar surface area (TPSA) is 20.2 Å². The zero-order valence-electron chi connectivity index (χ0n) is 10.0. The third-order valence-corrected chi connectivity index (χ3v) is 3.19. The van der Waals surface area contributed by atoms with Crippen LogP contribution in [-0.4, -0.2) is 5.11 Å². The second-order valence-corrected chi connectivity index (χ2v) is 4.48. The molecule has 0 unspecified atom stereocenters. The normalized spacial score (nSPS) is 10.7. The van der Waals surface area contributed by atoms with Crippen molar-refractivity contribution in [1.29, 1.82) is 0 Å². The van der Waals surface area contributed by atoms with Crippen molar-refractivity contribution < 1.29 is 5.11 Å². The molecule has 1 heteroatoms. The van der Waals surface area contributed by atoms with Crippen LogP contribution in [-0.2, 0) is 6.42 Å². The Labute approximate surface area is 106 Å². The second-order valence-electron chi connectivity index (χ2n) is 4.48. The quantitative estimate of drug-likeness (QED) is 0.706. The van der Waals surface area contributed by atoms with Crippen LogP contribution in [0.1, 0.15) is 11.1 Å². The van der Waals surface area contributed by atoms with Gasteiger partial charge in [-0.05, 0) is 40.5 Å². The number of hydrogen-bond donors (Lipinski definition) is 1. The smallest absolute Gasteiger partial charge is 0.115 e. The molecule has 0 amide bonds. The maximum atomic E-state index is 9.50. The summed E-state index contributed by atoms with van der Waals surface area (Å²) in [5, 5.41) is 12.0. The van der Waals surface area contributed by atoms with Gasteiger partial charge in [0.25, 0.3) is 0 Å². The van der Waals surface area contributed by atoms with Crippen molar-refractivity contribution in [3.8, 4) is 5.75 Å². The second kappa shape index (κ2) is 4.53. The molecule has 0 heterocycles. The van der Waals surface area contributed by atoms with Crippen molar-refractivity contribution in [1.82, 2.24) is 0 Å². The van der Waals surface area contributed by atoms with Crippen molar-refractivity contribution in [2.45, 2.75) is 6.42 Å². The van der Waals surface area contributed by atoms with Gasteiger partial charge in [-0.15, -0.1) is 0 Å². The Morgan fingerprint density at radius 3 is 2.44 bits per heavy atom. The molecule has 0 aliphatic carbocycles. The number of aromatic hydroxyl groups is 1. The summed E-state index contributed by atoms with van der Waals surface area (Å²) in [5.74, 6) is 0.327. The highest BCUT2D eigenvalue weighted by Gasteiger charge is 2.02. The first-order valence-electron chi connectivity index (χ1n) is 6.07. The van der Waals surface area contributed by atoms with E-state index in [9.17, 15) is 5.11 Å². The standard InChI is InChI=1S/C17H14O/c18-16-9-3-5-13(12-16)11-15-8-4-7-14-6-1-2-10-17(14)15/h1-10,12,18H,11H2. The Morgan fingerprint density at radius 2 is 1.56 bits per heavy atom. The molecule has 0 aromatic heterocycles. The lowest BCUT2D eigenvalue weighted by atomic mass is 9.98. The fourth-order valence-electron chi connectivity index (χ4n) is 2.33. The van der Waals surface area contributed by atoms with Crippen LogP contribution in [0.25, 0.3) is 10.8 Å². The Hall–Kier alpha value is -2.28. The number of phenolic OH excluding ortho intramolecular Hbond substituents is 1. The van der Waals surface area contributed by atoms with Crippen molar-refractivity contribution in [3.05, 3.63) is 77.9 Å². The Bertz CT molecular complexity index is 681. The van der Waals surface area contributed by atoms with Gasteiger partial charge in [0.05, 0.1) is 0 Å². The van der Waals surface area contributed by atoms with Gasteiger partial charge in [-0.1, -0.05) is 54.6 Å². The fourth-order valence-corrected chi connectivity index (χ4v) is 2.33. The molecule has 0 atom stereocenters. The van der Waals surface area contributed by atoms with Crippen molar-refractivity contribution in [2.75, 3.05) is 0 Å². The molecule has 18 heavy (non-hydrogen) atoms. The first-order chi connectivity index (χ1) is 8.83. The first kappa shape index (κ1) is 10.8. The average molecular weight is 234 g/mol. The van der Waals surface area contributed by atoms with E-state index < -0.39 is 0 Å². The van der Waals surface area contributed by atoms with Gasteiger partial charge in [0.15, 0.2) is 0 Å². The molecule has 3 aromatic rings. The van der Waals surface area contributed by atoms with E-state index in [-0.39, 0.29) is 0 Å². The van der Waals surface area contributed by atoms with E-state index >= 15 is 0 Å². The molecule has 1 N–H and O–H groups in total. The SMILES string of the molecule is Oc1cccc(Cc2cccc3ccccc23)c1. The van der Waals surface area contributed by atoms with Crippen LogP contribution in [0.2, 0.25) is 0 Å².